The summed E-state index contributed by atoms with van der Waals surface area (Å²) in [5, 5.41) is 0. The van der Waals surface area contributed by atoms with E-state index in [4.69, 9.17) is 4.42 Å². The third kappa shape index (κ3) is 3.89. The van der Waals surface area contributed by atoms with Crippen LogP contribution in [-0.4, -0.2) is 53.1 Å². The lowest BCUT2D eigenvalue weighted by Crippen LogP contribution is -2.45. The molecule has 5 heteroatoms. The number of oxazole rings is 1. The summed E-state index contributed by atoms with van der Waals surface area (Å²) in [6, 6.07) is 8.33. The van der Waals surface area contributed by atoms with Crippen molar-refractivity contribution in [3.8, 4) is 0 Å². The van der Waals surface area contributed by atoms with Crippen LogP contribution in [0, 0.1) is 11.8 Å². The molecule has 1 saturated heterocycles. The van der Waals surface area contributed by atoms with Crippen molar-refractivity contribution in [3.63, 3.8) is 0 Å². The third-order valence-electron chi connectivity index (χ3n) is 6.01. The first-order chi connectivity index (χ1) is 12.6. The Morgan fingerprint density at radius 1 is 1.15 bits per heavy atom. The Kier molecular flexibility index (Phi) is 5.18. The van der Waals surface area contributed by atoms with Crippen LogP contribution < -0.4 is 5.76 Å². The molecule has 0 amide bonds. The van der Waals surface area contributed by atoms with E-state index in [1.807, 2.05) is 24.3 Å². The fraction of sp³-hybridized carbons (Fsp3) is 0.667. The summed E-state index contributed by atoms with van der Waals surface area (Å²) in [5.74, 6) is 1.36. The molecule has 0 spiro atoms. The van der Waals surface area contributed by atoms with Crippen molar-refractivity contribution in [2.24, 2.45) is 11.8 Å². The van der Waals surface area contributed by atoms with E-state index in [0.29, 0.717) is 24.1 Å². The van der Waals surface area contributed by atoms with Gasteiger partial charge in [0.15, 0.2) is 5.58 Å². The number of aromatic nitrogens is 1. The predicted molar refractivity (Wildman–Crippen MR) is 104 cm³/mol. The van der Waals surface area contributed by atoms with Gasteiger partial charge >= 0.3 is 5.76 Å². The van der Waals surface area contributed by atoms with Gasteiger partial charge in [-0.1, -0.05) is 26.0 Å². The Bertz CT molecular complexity index is 790. The Hall–Kier alpha value is -1.59. The highest BCUT2D eigenvalue weighted by Gasteiger charge is 2.32. The first-order valence-electron chi connectivity index (χ1n) is 10.2. The van der Waals surface area contributed by atoms with Gasteiger partial charge in [0.1, 0.15) is 0 Å². The van der Waals surface area contributed by atoms with Gasteiger partial charge < -0.3 is 4.42 Å². The van der Waals surface area contributed by atoms with Crippen LogP contribution in [0.1, 0.15) is 33.1 Å². The van der Waals surface area contributed by atoms with Crippen LogP contribution in [-0.2, 0) is 6.54 Å². The molecule has 0 bridgehead atoms. The second-order valence-corrected chi connectivity index (χ2v) is 8.39. The minimum Gasteiger partial charge on any atom is -0.408 e. The molecule has 142 valence electrons. The average molecular weight is 357 g/mol. The zero-order valence-corrected chi connectivity index (χ0v) is 16.1. The second-order valence-electron chi connectivity index (χ2n) is 8.39. The molecule has 2 fully saturated rings. The Balaban J connectivity index is 1.44. The molecule has 1 unspecified atom stereocenters. The fourth-order valence-corrected chi connectivity index (χ4v) is 4.30. The minimum atomic E-state index is -0.239. The quantitative estimate of drug-likeness (QED) is 0.797. The first kappa shape index (κ1) is 17.8. The normalized spacial score (nSPS) is 23.0. The van der Waals surface area contributed by atoms with Crippen molar-refractivity contribution in [2.75, 3.05) is 32.7 Å². The SMILES string of the molecule is CC(C)C1CN(CCn2c(=O)oc3ccccc32)CCCN1CC1CC1. The maximum Gasteiger partial charge on any atom is 0.419 e. The molecular formula is C21H31N3O2. The smallest absolute Gasteiger partial charge is 0.408 e. The molecule has 26 heavy (non-hydrogen) atoms. The van der Waals surface area contributed by atoms with Gasteiger partial charge in [0.25, 0.3) is 0 Å². The summed E-state index contributed by atoms with van der Waals surface area (Å²) in [6.07, 6.45) is 4.06. The number of para-hydroxylation sites is 2. The van der Waals surface area contributed by atoms with Crippen molar-refractivity contribution in [2.45, 2.75) is 45.7 Å². The topological polar surface area (TPSA) is 41.6 Å². The average Bonchev–Trinajstić information content (AvgIpc) is 3.40. The van der Waals surface area contributed by atoms with Gasteiger partial charge in [0, 0.05) is 32.2 Å². The molecule has 1 aromatic carbocycles. The Labute approximate surface area is 155 Å². The van der Waals surface area contributed by atoms with Gasteiger partial charge in [0.2, 0.25) is 0 Å². The summed E-state index contributed by atoms with van der Waals surface area (Å²) in [5.41, 5.74) is 1.59. The number of rotatable bonds is 6. The number of fused-ring (bicyclic) bond motifs is 1. The zero-order chi connectivity index (χ0) is 18.1. The van der Waals surface area contributed by atoms with Gasteiger partial charge in [-0.15, -0.1) is 0 Å². The van der Waals surface area contributed by atoms with Gasteiger partial charge in [-0.05, 0) is 56.3 Å². The summed E-state index contributed by atoms with van der Waals surface area (Å²) in [4.78, 5) is 17.5. The first-order valence-corrected chi connectivity index (χ1v) is 10.2. The second kappa shape index (κ2) is 7.57. The van der Waals surface area contributed by atoms with E-state index in [1.165, 1.54) is 32.4 Å². The molecular weight excluding hydrogens is 326 g/mol. The molecule has 2 heterocycles. The number of nitrogens with zero attached hydrogens (tertiary/aromatic N) is 3. The molecule has 0 N–H and O–H groups in total. The maximum atomic E-state index is 12.2. The number of hydrogen-bond acceptors (Lipinski definition) is 4. The highest BCUT2D eigenvalue weighted by Crippen LogP contribution is 2.31. The van der Waals surface area contributed by atoms with Crippen LogP contribution in [0.3, 0.4) is 0 Å². The van der Waals surface area contributed by atoms with Crippen molar-refractivity contribution in [3.05, 3.63) is 34.8 Å². The summed E-state index contributed by atoms with van der Waals surface area (Å²) >= 11 is 0. The molecule has 1 aliphatic carbocycles. The minimum absolute atomic E-state index is 0.239. The van der Waals surface area contributed by atoms with Crippen molar-refractivity contribution < 1.29 is 4.42 Å². The van der Waals surface area contributed by atoms with E-state index < -0.39 is 0 Å². The van der Waals surface area contributed by atoms with Gasteiger partial charge in [-0.25, -0.2) is 4.79 Å². The molecule has 2 aliphatic rings. The standard InChI is InChI=1S/C21H31N3O2/c1-16(2)19-15-22(10-5-11-23(19)14-17-8-9-17)12-13-24-18-6-3-4-7-20(18)26-21(24)25/h3-4,6-7,16-17,19H,5,8-15H2,1-2H3. The fourth-order valence-electron chi connectivity index (χ4n) is 4.30. The van der Waals surface area contributed by atoms with Crippen LogP contribution >= 0.6 is 0 Å². The molecule has 1 aromatic heterocycles. The Morgan fingerprint density at radius 2 is 1.96 bits per heavy atom. The van der Waals surface area contributed by atoms with Crippen molar-refractivity contribution >= 4 is 11.1 Å². The highest BCUT2D eigenvalue weighted by atomic mass is 16.4. The maximum absolute atomic E-state index is 12.2. The van der Waals surface area contributed by atoms with E-state index >= 15 is 0 Å². The van der Waals surface area contributed by atoms with Crippen LogP contribution in [0.25, 0.3) is 11.1 Å². The summed E-state index contributed by atoms with van der Waals surface area (Å²) in [6.45, 7) is 11.0. The lowest BCUT2D eigenvalue weighted by Gasteiger charge is -2.34. The van der Waals surface area contributed by atoms with E-state index in [9.17, 15) is 4.79 Å². The van der Waals surface area contributed by atoms with Crippen LogP contribution in [0.2, 0.25) is 0 Å². The van der Waals surface area contributed by atoms with Crippen LogP contribution in [0.4, 0.5) is 0 Å². The highest BCUT2D eigenvalue weighted by molar-refractivity contribution is 5.72. The van der Waals surface area contributed by atoms with Crippen LogP contribution in [0.15, 0.2) is 33.5 Å². The van der Waals surface area contributed by atoms with E-state index in [-0.39, 0.29) is 5.76 Å². The van der Waals surface area contributed by atoms with Crippen molar-refractivity contribution in [1.29, 1.82) is 0 Å². The molecule has 0 radical (unpaired) electrons. The number of benzene rings is 1. The molecule has 2 aromatic rings. The number of hydrogen-bond donors (Lipinski definition) is 0. The predicted octanol–water partition coefficient (Wildman–Crippen LogP) is 3.04. The summed E-state index contributed by atoms with van der Waals surface area (Å²) in [7, 11) is 0. The van der Waals surface area contributed by atoms with E-state index in [2.05, 4.69) is 23.6 Å². The Morgan fingerprint density at radius 3 is 2.73 bits per heavy atom. The molecule has 1 atom stereocenters. The van der Waals surface area contributed by atoms with E-state index in [1.54, 1.807) is 4.57 Å². The molecule has 1 saturated carbocycles. The van der Waals surface area contributed by atoms with Crippen molar-refractivity contribution in [1.82, 2.24) is 14.4 Å². The van der Waals surface area contributed by atoms with Gasteiger partial charge in [-0.3, -0.25) is 14.4 Å². The van der Waals surface area contributed by atoms with Crippen LogP contribution in [0.5, 0.6) is 0 Å². The van der Waals surface area contributed by atoms with E-state index in [0.717, 1.165) is 31.1 Å². The molecule has 5 nitrogen and oxygen atoms in total. The molecule has 1 aliphatic heterocycles. The monoisotopic (exact) mass is 357 g/mol. The zero-order valence-electron chi connectivity index (χ0n) is 16.1. The lowest BCUT2D eigenvalue weighted by molar-refractivity contribution is 0.132. The lowest BCUT2D eigenvalue weighted by atomic mass is 10.0. The summed E-state index contributed by atoms with van der Waals surface area (Å²) < 4.78 is 7.16. The largest absolute Gasteiger partial charge is 0.419 e. The van der Waals surface area contributed by atoms with Gasteiger partial charge in [0.05, 0.1) is 5.52 Å². The third-order valence-corrected chi connectivity index (χ3v) is 6.01. The molecule has 4 rings (SSSR count). The van der Waals surface area contributed by atoms with Gasteiger partial charge in [-0.2, -0.15) is 0 Å².